The summed E-state index contributed by atoms with van der Waals surface area (Å²) in [4.78, 5) is 45.4. The Kier molecular flexibility index (Phi) is 8.63. The van der Waals surface area contributed by atoms with Gasteiger partial charge in [-0.15, -0.1) is 4.52 Å². The van der Waals surface area contributed by atoms with Crippen molar-refractivity contribution in [2.75, 3.05) is 24.7 Å². The van der Waals surface area contributed by atoms with Crippen LogP contribution in [0.2, 0.25) is 0 Å². The minimum Gasteiger partial charge on any atom is -0.394 e. The van der Waals surface area contributed by atoms with Gasteiger partial charge in [-0.1, -0.05) is 6.92 Å². The fraction of sp³-hybridized carbons (Fsp3) is 0.524. The van der Waals surface area contributed by atoms with Gasteiger partial charge < -0.3 is 30.9 Å². The topological polar surface area (TPSA) is 280 Å². The second-order valence-corrected chi connectivity index (χ2v) is 13.2. The molecule has 10 atom stereocenters. The molecule has 4 aromatic heterocycles. The highest BCUT2D eigenvalue weighted by atomic mass is 32.7. The summed E-state index contributed by atoms with van der Waals surface area (Å²) in [6.45, 7) is 0.241. The number of fused-ring (bicyclic) bond motifs is 2. The molecule has 0 radical (unpaired) electrons. The zero-order chi connectivity index (χ0) is 32.2. The van der Waals surface area contributed by atoms with Crippen molar-refractivity contribution < 1.29 is 46.6 Å². The van der Waals surface area contributed by atoms with E-state index in [4.69, 9.17) is 34.5 Å². The van der Waals surface area contributed by atoms with Gasteiger partial charge in [0.25, 0.3) is 5.56 Å². The van der Waals surface area contributed by atoms with Crippen LogP contribution in [0.25, 0.3) is 22.3 Å². The molecule has 0 saturated carbocycles. The Labute approximate surface area is 256 Å². The van der Waals surface area contributed by atoms with Crippen molar-refractivity contribution in [1.29, 1.82) is 0 Å². The van der Waals surface area contributed by atoms with Crippen LogP contribution in [0.3, 0.4) is 0 Å². The Hall–Kier alpha value is -3.17. The van der Waals surface area contributed by atoms with E-state index in [9.17, 15) is 23.9 Å². The molecule has 24 heteroatoms. The number of rotatable bonds is 10. The van der Waals surface area contributed by atoms with E-state index < -0.39 is 82.8 Å². The average molecular weight is 692 g/mol. The first-order valence-corrected chi connectivity index (χ1v) is 16.9. The van der Waals surface area contributed by atoms with Gasteiger partial charge in [0.05, 0.1) is 25.9 Å². The number of ether oxygens (including phenoxy) is 2. The number of anilines is 2. The van der Waals surface area contributed by atoms with Crippen molar-refractivity contribution in [3.63, 3.8) is 0 Å². The molecule has 0 aliphatic carbocycles. The molecule has 242 valence electrons. The number of thiol groups is 1. The molecule has 2 aliphatic rings. The van der Waals surface area contributed by atoms with Crippen LogP contribution >= 0.6 is 27.3 Å². The summed E-state index contributed by atoms with van der Waals surface area (Å²) in [5.74, 6) is -0.699. The largest absolute Gasteiger partial charge is 0.582 e. The van der Waals surface area contributed by atoms with Crippen LogP contribution in [0.5, 0.6) is 0 Å². The molecule has 2 fully saturated rings. The fourth-order valence-electron chi connectivity index (χ4n) is 5.32. The molecule has 0 spiro atoms. The van der Waals surface area contributed by atoms with Gasteiger partial charge in [-0.05, 0) is 4.57 Å². The molecule has 0 bridgehead atoms. The van der Waals surface area contributed by atoms with E-state index in [0.717, 1.165) is 10.9 Å². The quantitative estimate of drug-likeness (QED) is 0.0967. The number of phosphoric acid groups is 1. The Morgan fingerprint density at radius 3 is 2.51 bits per heavy atom. The van der Waals surface area contributed by atoms with Crippen molar-refractivity contribution in [1.82, 2.24) is 39.0 Å². The lowest BCUT2D eigenvalue weighted by molar-refractivity contribution is -0.0580. The molecular weight excluding hydrogens is 665 g/mol. The number of nitrogens with zero attached hydrogens (tertiary/aromatic N) is 7. The van der Waals surface area contributed by atoms with Gasteiger partial charge in [0.15, 0.2) is 35.0 Å². The number of aliphatic hydroxyl groups is 1. The fourth-order valence-corrected chi connectivity index (χ4v) is 7.10. The molecule has 4 aromatic rings. The number of nitrogens with two attached hydrogens (primary N) is 2. The minimum atomic E-state index is -5.13. The number of imidazole rings is 2. The number of aliphatic hydroxyl groups excluding tert-OH is 1. The number of nitrogen functional groups attached to an aromatic ring is 2. The molecule has 2 aliphatic heterocycles. The highest BCUT2D eigenvalue weighted by Crippen LogP contribution is 2.51. The van der Waals surface area contributed by atoms with E-state index in [0.29, 0.717) is 11.2 Å². The van der Waals surface area contributed by atoms with Crippen LogP contribution in [0, 0.1) is 5.92 Å². The molecule has 2 saturated heterocycles. The van der Waals surface area contributed by atoms with Crippen molar-refractivity contribution >= 4 is 61.4 Å². The Balaban J connectivity index is 1.22. The van der Waals surface area contributed by atoms with Gasteiger partial charge in [0.2, 0.25) is 5.95 Å². The van der Waals surface area contributed by atoms with Crippen LogP contribution in [0.4, 0.5) is 16.2 Å². The number of aromatic amines is 1. The number of halogens is 1. The number of phosphoric ester groups is 1. The smallest absolute Gasteiger partial charge is 0.394 e. The number of H-pyrrole nitrogens is 1. The van der Waals surface area contributed by atoms with Crippen molar-refractivity contribution in [2.45, 2.75) is 50.0 Å². The van der Waals surface area contributed by atoms with Crippen LogP contribution in [-0.2, 0) is 32.2 Å². The van der Waals surface area contributed by atoms with E-state index in [2.05, 4.69) is 42.2 Å². The van der Waals surface area contributed by atoms with E-state index in [1.54, 1.807) is 11.5 Å². The van der Waals surface area contributed by atoms with Gasteiger partial charge in [0.1, 0.15) is 54.7 Å². The van der Waals surface area contributed by atoms with Gasteiger partial charge in [-0.2, -0.15) is 4.98 Å². The van der Waals surface area contributed by atoms with Gasteiger partial charge in [-0.3, -0.25) is 28.0 Å². The van der Waals surface area contributed by atoms with Gasteiger partial charge in [-0.25, -0.2) is 28.9 Å². The highest BCUT2D eigenvalue weighted by Gasteiger charge is 2.52. The number of hydrogen-bond donors (Lipinski definition) is 6. The minimum absolute atomic E-state index is 0.131. The second kappa shape index (κ2) is 12.2. The first-order chi connectivity index (χ1) is 21.4. The second-order valence-electron chi connectivity index (χ2n) is 10.1. The van der Waals surface area contributed by atoms with E-state index in [-0.39, 0.29) is 22.9 Å². The molecule has 10 unspecified atom stereocenters. The summed E-state index contributed by atoms with van der Waals surface area (Å²) in [6, 6.07) is 0. The maximum Gasteiger partial charge on any atom is 0.582 e. The third-order valence-electron chi connectivity index (χ3n) is 7.35. The first-order valence-electron chi connectivity index (χ1n) is 13.1. The van der Waals surface area contributed by atoms with Crippen LogP contribution in [0.15, 0.2) is 23.8 Å². The highest BCUT2D eigenvalue weighted by molar-refractivity contribution is 8.39. The van der Waals surface area contributed by atoms with E-state index in [1.807, 2.05) is 0 Å². The number of nitrogens with one attached hydrogen (secondary N) is 1. The summed E-state index contributed by atoms with van der Waals surface area (Å²) in [5, 5.41) is 9.65. The van der Waals surface area contributed by atoms with Crippen LogP contribution in [-0.4, -0.2) is 92.8 Å². The maximum absolute atomic E-state index is 15.4. The lowest BCUT2D eigenvalue weighted by Crippen LogP contribution is -2.33. The normalized spacial score (nSPS) is 30.3. The van der Waals surface area contributed by atoms with Crippen LogP contribution < -0.4 is 17.0 Å². The molecule has 45 heavy (non-hydrogen) atoms. The monoisotopic (exact) mass is 691 g/mol. The zero-order valence-corrected chi connectivity index (χ0v) is 25.6. The SMILES string of the molecule is CC1C(O[P+](=O)S)C(COP(=O)(O)OC2C(F)C(CO)OC2n2cnc3c(=O)[nH]c(N)nc32)OC1n1cnc2c(N)ncnc21. The molecule has 6 rings (SSSR count). The Morgan fingerprint density at radius 2 is 1.80 bits per heavy atom. The van der Waals surface area contributed by atoms with Gasteiger partial charge >= 0.3 is 15.1 Å². The molecule has 7 N–H and O–H groups in total. The Morgan fingerprint density at radius 1 is 1.11 bits per heavy atom. The lowest BCUT2D eigenvalue weighted by atomic mass is 10.0. The Bertz CT molecular complexity index is 1860. The van der Waals surface area contributed by atoms with Crippen LogP contribution in [0.1, 0.15) is 19.4 Å². The molecule has 0 aromatic carbocycles. The summed E-state index contributed by atoms with van der Waals surface area (Å²) < 4.78 is 70.7. The molecular formula is C21H26FN10O10P2S+. The molecule has 6 heterocycles. The van der Waals surface area contributed by atoms with Crippen molar-refractivity contribution in [3.8, 4) is 0 Å². The predicted octanol–water partition coefficient (Wildman–Crippen LogP) is 0.360. The summed E-state index contributed by atoms with van der Waals surface area (Å²) in [5.41, 5.74) is 11.2. The summed E-state index contributed by atoms with van der Waals surface area (Å²) in [7, 11) is -7.58. The first kappa shape index (κ1) is 31.8. The predicted molar refractivity (Wildman–Crippen MR) is 153 cm³/mol. The average Bonchev–Trinajstić information content (AvgIpc) is 3.73. The standard InChI is InChI=1S/C21H25FN10O10P2S/c1-7-13(41-43(35)45)9(40-19(7)31-5-27-11-15(23)25-4-26-16(11)31)3-38-44(36,37)42-14-10(22)8(2-33)39-20(14)32-6-28-12-17(32)29-21(24)30-18(12)34/h4-10,13-14,19-20,33H,2-3H2,1H3,(H6-,23,24,25,26,29,30,34,35,36,37,45)/p+1. The number of aromatic nitrogens is 8. The van der Waals surface area contributed by atoms with Crippen molar-refractivity contribution in [3.05, 3.63) is 29.3 Å². The molecule has 0 amide bonds. The van der Waals surface area contributed by atoms with Gasteiger partial charge in [0, 0.05) is 5.92 Å². The molecule has 20 nitrogen and oxygen atoms in total. The zero-order valence-electron chi connectivity index (χ0n) is 22.9. The third kappa shape index (κ3) is 5.94. The number of alkyl halides is 1. The summed E-state index contributed by atoms with van der Waals surface area (Å²) >= 11 is 3.83. The lowest BCUT2D eigenvalue weighted by Gasteiger charge is -2.24. The summed E-state index contributed by atoms with van der Waals surface area (Å²) in [6.07, 6.45) is -6.20. The maximum atomic E-state index is 15.4. The van der Waals surface area contributed by atoms with E-state index >= 15 is 4.39 Å². The third-order valence-corrected chi connectivity index (χ3v) is 9.04. The van der Waals surface area contributed by atoms with Crippen molar-refractivity contribution in [2.24, 2.45) is 5.92 Å². The van der Waals surface area contributed by atoms with E-state index in [1.165, 1.54) is 12.7 Å². The number of hydrogen-bond acceptors (Lipinski definition) is 16.